The zero-order valence-corrected chi connectivity index (χ0v) is 13.1. The zero-order valence-electron chi connectivity index (χ0n) is 12.3. The van der Waals surface area contributed by atoms with Gasteiger partial charge in [0.15, 0.2) is 0 Å². The van der Waals surface area contributed by atoms with Gasteiger partial charge >= 0.3 is 0 Å². The van der Waals surface area contributed by atoms with Crippen LogP contribution in [0.25, 0.3) is 0 Å². The van der Waals surface area contributed by atoms with E-state index in [9.17, 15) is 0 Å². The normalized spacial score (nSPS) is 14.2. The van der Waals surface area contributed by atoms with Crippen LogP contribution in [-0.4, -0.2) is 38.6 Å². The molecule has 0 saturated carbocycles. The molecule has 18 heavy (non-hydrogen) atoms. The second-order valence-corrected chi connectivity index (χ2v) is 7.11. The van der Waals surface area contributed by atoms with Crippen molar-refractivity contribution in [3.8, 4) is 0 Å². The Labute approximate surface area is 115 Å². The summed E-state index contributed by atoms with van der Waals surface area (Å²) in [6.07, 6.45) is 0. The molecule has 4 heteroatoms. The minimum Gasteiger partial charge on any atom is -0.329 e. The number of hydrogen-bond donors (Lipinski definition) is 2. The van der Waals surface area contributed by atoms with E-state index in [0.29, 0.717) is 6.54 Å². The first kappa shape index (κ1) is 15.6. The van der Waals surface area contributed by atoms with Crippen LogP contribution < -0.4 is 11.1 Å². The average molecular weight is 269 g/mol. The molecule has 1 aromatic heterocycles. The third kappa shape index (κ3) is 4.69. The molecule has 0 aromatic carbocycles. The third-order valence-corrected chi connectivity index (χ3v) is 4.52. The summed E-state index contributed by atoms with van der Waals surface area (Å²) < 4.78 is 0. The summed E-state index contributed by atoms with van der Waals surface area (Å²) in [5.41, 5.74) is 6.10. The molecule has 104 valence electrons. The topological polar surface area (TPSA) is 41.3 Å². The van der Waals surface area contributed by atoms with Crippen LogP contribution in [0, 0.1) is 0 Å². The first-order valence-electron chi connectivity index (χ1n) is 6.53. The summed E-state index contributed by atoms with van der Waals surface area (Å²) in [6.45, 7) is 9.40. The van der Waals surface area contributed by atoms with E-state index in [4.69, 9.17) is 5.73 Å². The fourth-order valence-corrected chi connectivity index (χ4v) is 2.86. The average Bonchev–Trinajstić information content (AvgIpc) is 2.72. The number of hydrogen-bond acceptors (Lipinski definition) is 4. The number of rotatable bonds is 6. The molecule has 0 aliphatic rings. The van der Waals surface area contributed by atoms with Crippen LogP contribution in [0.2, 0.25) is 0 Å². The van der Waals surface area contributed by atoms with Gasteiger partial charge in [-0.3, -0.25) is 0 Å². The van der Waals surface area contributed by atoms with Gasteiger partial charge in [-0.2, -0.15) is 0 Å². The quantitative estimate of drug-likeness (QED) is 0.832. The largest absolute Gasteiger partial charge is 0.329 e. The lowest BCUT2D eigenvalue weighted by molar-refractivity contribution is 0.386. The molecule has 1 aromatic rings. The number of nitrogens with one attached hydrogen (secondary N) is 1. The highest BCUT2D eigenvalue weighted by atomic mass is 32.1. The Morgan fingerprint density at radius 1 is 1.33 bits per heavy atom. The first-order chi connectivity index (χ1) is 8.34. The van der Waals surface area contributed by atoms with Gasteiger partial charge in [0.25, 0.3) is 0 Å². The monoisotopic (exact) mass is 269 g/mol. The Bertz CT molecular complexity index is 352. The molecule has 1 unspecified atom stereocenters. The van der Waals surface area contributed by atoms with E-state index in [2.05, 4.69) is 57.2 Å². The Hall–Kier alpha value is -0.420. The first-order valence-corrected chi connectivity index (χ1v) is 7.34. The van der Waals surface area contributed by atoms with E-state index < -0.39 is 0 Å². The van der Waals surface area contributed by atoms with E-state index in [1.165, 1.54) is 9.75 Å². The summed E-state index contributed by atoms with van der Waals surface area (Å²) >= 11 is 1.88. The van der Waals surface area contributed by atoms with Crippen molar-refractivity contribution < 1.29 is 0 Å². The second kappa shape index (κ2) is 6.66. The van der Waals surface area contributed by atoms with Crippen molar-refractivity contribution in [2.24, 2.45) is 5.73 Å². The van der Waals surface area contributed by atoms with Gasteiger partial charge in [-0.1, -0.05) is 20.8 Å². The van der Waals surface area contributed by atoms with Gasteiger partial charge in [-0.25, -0.2) is 0 Å². The molecular weight excluding hydrogens is 242 g/mol. The maximum Gasteiger partial charge on any atom is 0.0539 e. The SMILES string of the molecule is CN(C)CCNC(CN)c1ccc(C(C)(C)C)s1. The molecule has 3 N–H and O–H groups in total. The molecule has 0 bridgehead atoms. The van der Waals surface area contributed by atoms with Crippen LogP contribution in [0.15, 0.2) is 12.1 Å². The van der Waals surface area contributed by atoms with Crippen molar-refractivity contribution >= 4 is 11.3 Å². The van der Waals surface area contributed by atoms with Gasteiger partial charge in [-0.05, 0) is 31.6 Å². The van der Waals surface area contributed by atoms with Crippen molar-refractivity contribution in [3.05, 3.63) is 21.9 Å². The third-order valence-electron chi connectivity index (χ3n) is 2.89. The molecule has 3 nitrogen and oxygen atoms in total. The highest BCUT2D eigenvalue weighted by Gasteiger charge is 2.18. The highest BCUT2D eigenvalue weighted by molar-refractivity contribution is 7.12. The Morgan fingerprint density at radius 2 is 2.00 bits per heavy atom. The molecule has 1 heterocycles. The van der Waals surface area contributed by atoms with Gasteiger partial charge < -0.3 is 16.0 Å². The van der Waals surface area contributed by atoms with Gasteiger partial charge in [-0.15, -0.1) is 11.3 Å². The maximum atomic E-state index is 5.87. The summed E-state index contributed by atoms with van der Waals surface area (Å²) in [5, 5.41) is 3.53. The summed E-state index contributed by atoms with van der Waals surface area (Å²) in [7, 11) is 4.17. The lowest BCUT2D eigenvalue weighted by Crippen LogP contribution is -2.33. The fraction of sp³-hybridized carbons (Fsp3) is 0.714. The fourth-order valence-electron chi connectivity index (χ4n) is 1.71. The molecule has 1 atom stereocenters. The molecule has 0 saturated heterocycles. The van der Waals surface area contributed by atoms with Crippen molar-refractivity contribution in [3.63, 3.8) is 0 Å². The smallest absolute Gasteiger partial charge is 0.0539 e. The summed E-state index contributed by atoms with van der Waals surface area (Å²) in [5.74, 6) is 0. The predicted octanol–water partition coefficient (Wildman–Crippen LogP) is 2.20. The predicted molar refractivity (Wildman–Crippen MR) is 81.4 cm³/mol. The number of nitrogens with two attached hydrogens (primary N) is 1. The van der Waals surface area contributed by atoms with Gasteiger partial charge in [0.05, 0.1) is 6.04 Å². The van der Waals surface area contributed by atoms with Gasteiger partial charge in [0.2, 0.25) is 0 Å². The minimum atomic E-state index is 0.228. The second-order valence-electron chi connectivity index (χ2n) is 6.00. The molecule has 0 fully saturated rings. The van der Waals surface area contributed by atoms with Crippen LogP contribution in [0.3, 0.4) is 0 Å². The van der Waals surface area contributed by atoms with Crippen LogP contribution in [-0.2, 0) is 5.41 Å². The van der Waals surface area contributed by atoms with Gasteiger partial charge in [0, 0.05) is 29.4 Å². The highest BCUT2D eigenvalue weighted by Crippen LogP contribution is 2.31. The van der Waals surface area contributed by atoms with Crippen molar-refractivity contribution in [2.45, 2.75) is 32.2 Å². The van der Waals surface area contributed by atoms with Crippen molar-refractivity contribution in [2.75, 3.05) is 33.7 Å². The lowest BCUT2D eigenvalue weighted by atomic mass is 9.95. The molecule has 0 aliphatic heterocycles. The van der Waals surface area contributed by atoms with E-state index in [0.717, 1.165) is 13.1 Å². The number of thiophene rings is 1. The van der Waals surface area contributed by atoms with Crippen LogP contribution in [0.5, 0.6) is 0 Å². The number of nitrogens with zero attached hydrogens (tertiary/aromatic N) is 1. The lowest BCUT2D eigenvalue weighted by Gasteiger charge is -2.18. The Kier molecular flexibility index (Phi) is 5.79. The molecule has 0 radical (unpaired) electrons. The van der Waals surface area contributed by atoms with Crippen LogP contribution >= 0.6 is 11.3 Å². The maximum absolute atomic E-state index is 5.87. The summed E-state index contributed by atoms with van der Waals surface area (Å²) in [6, 6.07) is 4.73. The Balaban J connectivity index is 2.62. The van der Waals surface area contributed by atoms with Crippen molar-refractivity contribution in [1.29, 1.82) is 0 Å². The minimum absolute atomic E-state index is 0.228. The molecule has 0 amide bonds. The zero-order chi connectivity index (χ0) is 13.8. The molecule has 0 aliphatic carbocycles. The standard InChI is InChI=1S/C14H27N3S/c1-14(2,3)13-7-6-12(18-13)11(10-15)16-8-9-17(4)5/h6-7,11,16H,8-10,15H2,1-5H3. The van der Waals surface area contributed by atoms with Crippen LogP contribution in [0.4, 0.5) is 0 Å². The molecular formula is C14H27N3S. The van der Waals surface area contributed by atoms with E-state index in [1.54, 1.807) is 0 Å². The van der Waals surface area contributed by atoms with Gasteiger partial charge in [0.1, 0.15) is 0 Å². The molecule has 1 rings (SSSR count). The summed E-state index contributed by atoms with van der Waals surface area (Å²) in [4.78, 5) is 4.95. The number of likely N-dealkylation sites (N-methyl/N-ethyl adjacent to an activating group) is 1. The van der Waals surface area contributed by atoms with E-state index >= 15 is 0 Å². The Morgan fingerprint density at radius 3 is 2.44 bits per heavy atom. The van der Waals surface area contributed by atoms with E-state index in [1.807, 2.05) is 11.3 Å². The molecule has 0 spiro atoms. The van der Waals surface area contributed by atoms with E-state index in [-0.39, 0.29) is 11.5 Å². The van der Waals surface area contributed by atoms with Crippen molar-refractivity contribution in [1.82, 2.24) is 10.2 Å². The van der Waals surface area contributed by atoms with Crippen LogP contribution in [0.1, 0.15) is 36.6 Å².